The normalized spacial score (nSPS) is 13.4. The number of carbonyl (C=O) groups excluding carboxylic acids is 1. The monoisotopic (exact) mass is 263 g/mol. The van der Waals surface area contributed by atoms with Crippen LogP contribution >= 0.6 is 0 Å². The van der Waals surface area contributed by atoms with Gasteiger partial charge in [0.25, 0.3) is 0 Å². The van der Waals surface area contributed by atoms with Gasteiger partial charge in [-0.05, 0) is 24.6 Å². The maximum Gasteiger partial charge on any atom is 0.326 e. The van der Waals surface area contributed by atoms with Gasteiger partial charge in [-0.1, -0.05) is 18.2 Å². The van der Waals surface area contributed by atoms with Crippen molar-refractivity contribution in [2.75, 3.05) is 20.8 Å². The molecule has 4 heteroatoms. The number of nitrogens with one attached hydrogen (secondary N) is 1. The number of methoxy groups -OCH3 is 2. The van der Waals surface area contributed by atoms with Gasteiger partial charge in [0.1, 0.15) is 11.3 Å². The van der Waals surface area contributed by atoms with E-state index in [1.807, 2.05) is 31.2 Å². The van der Waals surface area contributed by atoms with Crippen molar-refractivity contribution in [3.63, 3.8) is 0 Å². The van der Waals surface area contributed by atoms with Crippen molar-refractivity contribution in [3.05, 3.63) is 42.5 Å². The molecule has 4 nitrogen and oxygen atoms in total. The van der Waals surface area contributed by atoms with Crippen LogP contribution < -0.4 is 10.1 Å². The van der Waals surface area contributed by atoms with Gasteiger partial charge in [0.15, 0.2) is 0 Å². The number of hydrogen-bond donors (Lipinski definition) is 1. The number of carbonyl (C=O) groups is 1. The van der Waals surface area contributed by atoms with Gasteiger partial charge in [-0.15, -0.1) is 6.58 Å². The van der Waals surface area contributed by atoms with Crippen LogP contribution in [0.3, 0.4) is 0 Å². The van der Waals surface area contributed by atoms with Crippen LogP contribution in [0.5, 0.6) is 5.75 Å². The fourth-order valence-corrected chi connectivity index (χ4v) is 1.88. The Bertz CT molecular complexity index is 428. The molecule has 0 amide bonds. The van der Waals surface area contributed by atoms with E-state index in [2.05, 4.69) is 11.9 Å². The Morgan fingerprint density at radius 2 is 2.00 bits per heavy atom. The van der Waals surface area contributed by atoms with Crippen LogP contribution in [0.25, 0.3) is 0 Å². The predicted molar refractivity (Wildman–Crippen MR) is 75.3 cm³/mol. The first-order valence-electron chi connectivity index (χ1n) is 6.13. The van der Waals surface area contributed by atoms with Gasteiger partial charge in [0, 0.05) is 13.0 Å². The summed E-state index contributed by atoms with van der Waals surface area (Å²) < 4.78 is 9.98. The molecular weight excluding hydrogens is 242 g/mol. The summed E-state index contributed by atoms with van der Waals surface area (Å²) in [5.74, 6) is 0.507. The smallest absolute Gasteiger partial charge is 0.326 e. The number of rotatable bonds is 7. The van der Waals surface area contributed by atoms with Crippen LogP contribution in [-0.2, 0) is 16.0 Å². The predicted octanol–water partition coefficient (Wildman–Crippen LogP) is 1.94. The quantitative estimate of drug-likeness (QED) is 0.603. The Balaban J connectivity index is 2.86. The molecule has 0 heterocycles. The lowest BCUT2D eigenvalue weighted by molar-refractivity contribution is -0.147. The molecule has 1 rings (SSSR count). The number of ether oxygens (including phenoxy) is 2. The van der Waals surface area contributed by atoms with E-state index in [1.165, 1.54) is 7.11 Å². The SMILES string of the molecule is C=CCNC(C)(Cc1ccc(OC)cc1)C(=O)OC. The van der Waals surface area contributed by atoms with Crippen LogP contribution in [0.4, 0.5) is 0 Å². The molecular formula is C15H21NO3. The van der Waals surface area contributed by atoms with E-state index in [0.717, 1.165) is 11.3 Å². The minimum atomic E-state index is -0.766. The van der Waals surface area contributed by atoms with Crippen molar-refractivity contribution >= 4 is 5.97 Å². The largest absolute Gasteiger partial charge is 0.497 e. The fraction of sp³-hybridized carbons (Fsp3) is 0.400. The molecule has 1 aromatic carbocycles. The molecule has 1 N–H and O–H groups in total. The molecule has 0 aliphatic rings. The lowest BCUT2D eigenvalue weighted by Crippen LogP contribution is -2.52. The highest BCUT2D eigenvalue weighted by molar-refractivity contribution is 5.80. The molecule has 0 fully saturated rings. The van der Waals surface area contributed by atoms with E-state index in [9.17, 15) is 4.79 Å². The Hall–Kier alpha value is -1.81. The lowest BCUT2D eigenvalue weighted by atomic mass is 9.92. The first kappa shape index (κ1) is 15.2. The lowest BCUT2D eigenvalue weighted by Gasteiger charge is -2.27. The molecule has 1 unspecified atom stereocenters. The minimum absolute atomic E-state index is 0.287. The second-order valence-corrected chi connectivity index (χ2v) is 4.52. The second-order valence-electron chi connectivity index (χ2n) is 4.52. The molecule has 0 bridgehead atoms. The molecule has 1 aromatic rings. The van der Waals surface area contributed by atoms with Gasteiger partial charge in [-0.2, -0.15) is 0 Å². The van der Waals surface area contributed by atoms with Crippen molar-refractivity contribution in [1.29, 1.82) is 0 Å². The van der Waals surface area contributed by atoms with E-state index in [1.54, 1.807) is 13.2 Å². The van der Waals surface area contributed by atoms with E-state index in [0.29, 0.717) is 13.0 Å². The second kappa shape index (κ2) is 6.95. The van der Waals surface area contributed by atoms with Gasteiger partial charge in [-0.25, -0.2) is 0 Å². The van der Waals surface area contributed by atoms with E-state index < -0.39 is 5.54 Å². The zero-order valence-corrected chi connectivity index (χ0v) is 11.7. The number of esters is 1. The highest BCUT2D eigenvalue weighted by Crippen LogP contribution is 2.18. The summed E-state index contributed by atoms with van der Waals surface area (Å²) >= 11 is 0. The van der Waals surface area contributed by atoms with Crippen molar-refractivity contribution in [3.8, 4) is 5.75 Å². The van der Waals surface area contributed by atoms with E-state index in [4.69, 9.17) is 9.47 Å². The average molecular weight is 263 g/mol. The van der Waals surface area contributed by atoms with Gasteiger partial charge in [0.05, 0.1) is 14.2 Å². The highest BCUT2D eigenvalue weighted by atomic mass is 16.5. The molecule has 0 aliphatic heterocycles. The Morgan fingerprint density at radius 3 is 2.47 bits per heavy atom. The Morgan fingerprint density at radius 1 is 1.37 bits per heavy atom. The third kappa shape index (κ3) is 4.10. The standard InChI is InChI=1S/C15H21NO3/c1-5-10-16-15(2,14(17)19-4)11-12-6-8-13(18-3)9-7-12/h5-9,16H,1,10-11H2,2-4H3. The zero-order valence-electron chi connectivity index (χ0n) is 11.7. The van der Waals surface area contributed by atoms with Crippen molar-refractivity contribution in [2.24, 2.45) is 0 Å². The summed E-state index contributed by atoms with van der Waals surface area (Å²) in [5.41, 5.74) is 0.266. The summed E-state index contributed by atoms with van der Waals surface area (Å²) in [6.45, 7) is 6.02. The zero-order chi connectivity index (χ0) is 14.3. The van der Waals surface area contributed by atoms with E-state index in [-0.39, 0.29) is 5.97 Å². The van der Waals surface area contributed by atoms with Gasteiger partial charge < -0.3 is 9.47 Å². The first-order valence-corrected chi connectivity index (χ1v) is 6.13. The van der Waals surface area contributed by atoms with Gasteiger partial charge >= 0.3 is 5.97 Å². The molecule has 0 saturated carbocycles. The van der Waals surface area contributed by atoms with Crippen molar-refractivity contribution < 1.29 is 14.3 Å². The van der Waals surface area contributed by atoms with Crippen molar-refractivity contribution in [2.45, 2.75) is 18.9 Å². The molecule has 104 valence electrons. The Kier molecular flexibility index (Phi) is 5.57. The molecule has 19 heavy (non-hydrogen) atoms. The topological polar surface area (TPSA) is 47.6 Å². The van der Waals surface area contributed by atoms with Crippen LogP contribution in [0.15, 0.2) is 36.9 Å². The maximum absolute atomic E-state index is 11.9. The summed E-state index contributed by atoms with van der Waals surface area (Å²) in [4.78, 5) is 11.9. The van der Waals surface area contributed by atoms with Crippen LogP contribution in [0.1, 0.15) is 12.5 Å². The first-order chi connectivity index (χ1) is 9.05. The highest BCUT2D eigenvalue weighted by Gasteiger charge is 2.33. The van der Waals surface area contributed by atoms with Crippen molar-refractivity contribution in [1.82, 2.24) is 5.32 Å². The fourth-order valence-electron chi connectivity index (χ4n) is 1.88. The molecule has 0 aromatic heterocycles. The van der Waals surface area contributed by atoms with Gasteiger partial charge in [0.2, 0.25) is 0 Å². The third-order valence-electron chi connectivity index (χ3n) is 2.99. The summed E-state index contributed by atoms with van der Waals surface area (Å²) in [7, 11) is 3.02. The number of benzene rings is 1. The van der Waals surface area contributed by atoms with E-state index >= 15 is 0 Å². The minimum Gasteiger partial charge on any atom is -0.497 e. The maximum atomic E-state index is 11.9. The van der Waals surface area contributed by atoms with Crippen LogP contribution in [0.2, 0.25) is 0 Å². The molecule has 0 aliphatic carbocycles. The Labute approximate surface area is 114 Å². The third-order valence-corrected chi connectivity index (χ3v) is 2.99. The molecule has 1 atom stereocenters. The van der Waals surface area contributed by atoms with Crippen LogP contribution in [0, 0.1) is 0 Å². The molecule has 0 saturated heterocycles. The van der Waals surface area contributed by atoms with Crippen LogP contribution in [-0.4, -0.2) is 32.3 Å². The molecule has 0 spiro atoms. The molecule has 0 radical (unpaired) electrons. The summed E-state index contributed by atoms with van der Waals surface area (Å²) in [6, 6.07) is 7.63. The summed E-state index contributed by atoms with van der Waals surface area (Å²) in [5, 5.41) is 3.15. The average Bonchev–Trinajstić information content (AvgIpc) is 2.45. The number of hydrogen-bond acceptors (Lipinski definition) is 4. The van der Waals surface area contributed by atoms with Gasteiger partial charge in [-0.3, -0.25) is 10.1 Å². The summed E-state index contributed by atoms with van der Waals surface area (Å²) in [6.07, 6.45) is 2.26.